The van der Waals surface area contributed by atoms with Crippen molar-refractivity contribution < 1.29 is 39.8 Å². The number of unbranched alkanes of at least 4 members (excludes halogenated alkanes) is 30. The van der Waals surface area contributed by atoms with E-state index < -0.39 is 49.5 Å². The Morgan fingerprint density at radius 3 is 1.38 bits per heavy atom. The van der Waals surface area contributed by atoms with Crippen LogP contribution in [0.1, 0.15) is 226 Å². The fourth-order valence-corrected chi connectivity index (χ4v) is 7.73. The third kappa shape index (κ3) is 28.4. The van der Waals surface area contributed by atoms with Crippen molar-refractivity contribution in [3.05, 3.63) is 12.2 Å². The standard InChI is InChI=1S/C47H91NO8/c1-3-5-7-9-10-11-12-13-14-15-16-17-18-19-20-21-22-23-24-25-26-27-28-29-30-31-32-33-35-37-43(51)48-40(41(50)36-34-8-6-4-2)39-55-47-46(54)45(53)44(52)42(38-49)56-47/h34,36,40-42,44-47,49-50,52-54H,3-33,35,37-39H2,1-2H3,(H,48,51)/b36-34+. The highest BCUT2D eigenvalue weighted by atomic mass is 16.7. The third-order valence-electron chi connectivity index (χ3n) is 11.6. The van der Waals surface area contributed by atoms with Crippen LogP contribution in [-0.4, -0.2) is 87.5 Å². The zero-order valence-electron chi connectivity index (χ0n) is 36.4. The van der Waals surface area contributed by atoms with Gasteiger partial charge >= 0.3 is 0 Å². The van der Waals surface area contributed by atoms with E-state index in [2.05, 4.69) is 19.2 Å². The van der Waals surface area contributed by atoms with Crippen LogP contribution in [0, 0.1) is 0 Å². The molecule has 1 saturated heterocycles. The molecule has 1 fully saturated rings. The Hall–Kier alpha value is -1.07. The van der Waals surface area contributed by atoms with Crippen molar-refractivity contribution in [1.82, 2.24) is 5.32 Å². The maximum absolute atomic E-state index is 12.8. The minimum atomic E-state index is -1.56. The Kier molecular flexibility index (Phi) is 36.1. The lowest BCUT2D eigenvalue weighted by Crippen LogP contribution is -2.60. The number of amides is 1. The predicted octanol–water partition coefficient (Wildman–Crippen LogP) is 10.1. The molecule has 0 aromatic carbocycles. The number of hydrogen-bond donors (Lipinski definition) is 6. The number of hydrogen-bond acceptors (Lipinski definition) is 8. The van der Waals surface area contributed by atoms with E-state index in [9.17, 15) is 30.3 Å². The van der Waals surface area contributed by atoms with E-state index in [-0.39, 0.29) is 12.5 Å². The molecule has 6 N–H and O–H groups in total. The van der Waals surface area contributed by atoms with Crippen LogP contribution in [0.25, 0.3) is 0 Å². The molecule has 1 aliphatic rings. The van der Waals surface area contributed by atoms with E-state index in [0.29, 0.717) is 6.42 Å². The summed E-state index contributed by atoms with van der Waals surface area (Å²) in [5.41, 5.74) is 0. The van der Waals surface area contributed by atoms with Crippen LogP contribution in [0.15, 0.2) is 12.2 Å². The molecule has 1 heterocycles. The number of ether oxygens (including phenoxy) is 2. The number of allylic oxidation sites excluding steroid dienone is 1. The van der Waals surface area contributed by atoms with Crippen molar-refractivity contribution in [2.75, 3.05) is 13.2 Å². The maximum atomic E-state index is 12.8. The molecule has 0 spiro atoms. The molecule has 1 rings (SSSR count). The molecule has 0 radical (unpaired) electrons. The van der Waals surface area contributed by atoms with Gasteiger partial charge in [-0.05, 0) is 12.8 Å². The first-order chi connectivity index (χ1) is 27.3. The smallest absolute Gasteiger partial charge is 0.220 e. The van der Waals surface area contributed by atoms with Gasteiger partial charge in [0.25, 0.3) is 0 Å². The van der Waals surface area contributed by atoms with Crippen LogP contribution in [-0.2, 0) is 14.3 Å². The lowest BCUT2D eigenvalue weighted by atomic mass is 9.99. The van der Waals surface area contributed by atoms with E-state index >= 15 is 0 Å². The van der Waals surface area contributed by atoms with Crippen molar-refractivity contribution in [2.24, 2.45) is 0 Å². The zero-order chi connectivity index (χ0) is 40.9. The molecule has 332 valence electrons. The molecule has 7 atom stereocenters. The van der Waals surface area contributed by atoms with Crippen molar-refractivity contribution in [1.29, 1.82) is 0 Å². The fourth-order valence-electron chi connectivity index (χ4n) is 7.73. The van der Waals surface area contributed by atoms with Gasteiger partial charge in [-0.1, -0.05) is 219 Å². The number of aliphatic hydroxyl groups excluding tert-OH is 5. The Bertz CT molecular complexity index is 888. The molecule has 0 aromatic rings. The molecule has 7 unspecified atom stereocenters. The summed E-state index contributed by atoms with van der Waals surface area (Å²) in [7, 11) is 0. The molecule has 0 aliphatic carbocycles. The first-order valence-corrected chi connectivity index (χ1v) is 23.9. The largest absolute Gasteiger partial charge is 0.394 e. The normalized spacial score (nSPS) is 21.2. The lowest BCUT2D eigenvalue weighted by Gasteiger charge is -2.40. The molecule has 1 amide bonds. The molecule has 9 nitrogen and oxygen atoms in total. The van der Waals surface area contributed by atoms with Gasteiger partial charge in [-0.25, -0.2) is 0 Å². The molecule has 56 heavy (non-hydrogen) atoms. The number of carbonyl (C=O) groups excluding carboxylic acids is 1. The van der Waals surface area contributed by atoms with E-state index in [1.54, 1.807) is 6.08 Å². The highest BCUT2D eigenvalue weighted by Gasteiger charge is 2.44. The van der Waals surface area contributed by atoms with Gasteiger partial charge in [-0.15, -0.1) is 0 Å². The minimum absolute atomic E-state index is 0.182. The third-order valence-corrected chi connectivity index (χ3v) is 11.6. The summed E-state index contributed by atoms with van der Waals surface area (Å²) in [6.45, 7) is 3.63. The first kappa shape index (κ1) is 52.9. The van der Waals surface area contributed by atoms with E-state index in [1.807, 2.05) is 6.08 Å². The average Bonchev–Trinajstić information content (AvgIpc) is 3.20. The van der Waals surface area contributed by atoms with Gasteiger partial charge in [-0.2, -0.15) is 0 Å². The highest BCUT2D eigenvalue weighted by Crippen LogP contribution is 2.23. The topological polar surface area (TPSA) is 149 Å². The van der Waals surface area contributed by atoms with Crippen LogP contribution in [0.5, 0.6) is 0 Å². The molecular formula is C47H91NO8. The van der Waals surface area contributed by atoms with E-state index in [1.165, 1.54) is 167 Å². The SMILES string of the molecule is CCCC/C=C/C(O)C(COC1OC(CO)C(O)C(O)C1O)NC(=O)CCCCCCCCCCCCCCCCCCCCCCCCCCCCCCC. The van der Waals surface area contributed by atoms with E-state index in [0.717, 1.165) is 38.5 Å². The quantitative estimate of drug-likeness (QED) is 0.0265. The van der Waals surface area contributed by atoms with Crippen molar-refractivity contribution in [3.63, 3.8) is 0 Å². The summed E-state index contributed by atoms with van der Waals surface area (Å²) in [5, 5.41) is 53.6. The summed E-state index contributed by atoms with van der Waals surface area (Å²) in [4.78, 5) is 12.8. The Morgan fingerprint density at radius 2 is 0.982 bits per heavy atom. The molecule has 0 aromatic heterocycles. The Labute approximate surface area is 344 Å². The number of rotatable bonds is 40. The maximum Gasteiger partial charge on any atom is 0.220 e. The Balaban J connectivity index is 2.01. The Morgan fingerprint density at radius 1 is 0.589 bits per heavy atom. The summed E-state index contributed by atoms with van der Waals surface area (Å²) < 4.78 is 11.1. The summed E-state index contributed by atoms with van der Waals surface area (Å²) in [6.07, 6.45) is 37.9. The predicted molar refractivity (Wildman–Crippen MR) is 231 cm³/mol. The number of nitrogens with one attached hydrogen (secondary N) is 1. The summed E-state index contributed by atoms with van der Waals surface area (Å²) >= 11 is 0. The van der Waals surface area contributed by atoms with Gasteiger partial charge in [0.1, 0.15) is 24.4 Å². The van der Waals surface area contributed by atoms with Crippen LogP contribution < -0.4 is 5.32 Å². The van der Waals surface area contributed by atoms with Crippen LogP contribution in [0.2, 0.25) is 0 Å². The molecule has 0 bridgehead atoms. The number of aliphatic hydroxyl groups is 5. The average molecular weight is 798 g/mol. The highest BCUT2D eigenvalue weighted by molar-refractivity contribution is 5.76. The van der Waals surface area contributed by atoms with Crippen molar-refractivity contribution in [3.8, 4) is 0 Å². The second-order valence-corrected chi connectivity index (χ2v) is 16.9. The molecule has 9 heteroatoms. The molecular weight excluding hydrogens is 707 g/mol. The molecule has 0 saturated carbocycles. The van der Waals surface area contributed by atoms with Gasteiger partial charge in [0.15, 0.2) is 6.29 Å². The van der Waals surface area contributed by atoms with Gasteiger partial charge in [0.05, 0.1) is 25.4 Å². The van der Waals surface area contributed by atoms with Crippen LogP contribution >= 0.6 is 0 Å². The van der Waals surface area contributed by atoms with Gasteiger partial charge in [-0.3, -0.25) is 4.79 Å². The minimum Gasteiger partial charge on any atom is -0.394 e. The van der Waals surface area contributed by atoms with Crippen molar-refractivity contribution >= 4 is 5.91 Å². The van der Waals surface area contributed by atoms with Gasteiger partial charge in [0, 0.05) is 6.42 Å². The lowest BCUT2D eigenvalue weighted by molar-refractivity contribution is -0.302. The molecule has 1 aliphatic heterocycles. The van der Waals surface area contributed by atoms with Crippen LogP contribution in [0.4, 0.5) is 0 Å². The first-order valence-electron chi connectivity index (χ1n) is 23.9. The van der Waals surface area contributed by atoms with E-state index in [4.69, 9.17) is 9.47 Å². The summed E-state index contributed by atoms with van der Waals surface area (Å²) in [5.74, 6) is -0.182. The monoisotopic (exact) mass is 798 g/mol. The van der Waals surface area contributed by atoms with Gasteiger partial charge < -0.3 is 40.3 Å². The van der Waals surface area contributed by atoms with Gasteiger partial charge in [0.2, 0.25) is 5.91 Å². The summed E-state index contributed by atoms with van der Waals surface area (Å²) in [6, 6.07) is -0.795. The fraction of sp³-hybridized carbons (Fsp3) is 0.936. The number of carbonyl (C=O) groups is 1. The zero-order valence-corrected chi connectivity index (χ0v) is 36.4. The second-order valence-electron chi connectivity index (χ2n) is 16.9. The van der Waals surface area contributed by atoms with Crippen molar-refractivity contribution in [2.45, 2.75) is 269 Å². The second kappa shape index (κ2) is 38.2. The van der Waals surface area contributed by atoms with Crippen LogP contribution in [0.3, 0.4) is 0 Å².